The molecule has 2 heterocycles. The van der Waals surface area contributed by atoms with Gasteiger partial charge in [0, 0.05) is 31.7 Å². The van der Waals surface area contributed by atoms with E-state index in [2.05, 4.69) is 44.6 Å². The summed E-state index contributed by atoms with van der Waals surface area (Å²) in [6, 6.07) is 8.47. The highest BCUT2D eigenvalue weighted by atomic mass is 16.5. The molecule has 0 spiro atoms. The van der Waals surface area contributed by atoms with Crippen molar-refractivity contribution < 1.29 is 4.52 Å². The Bertz CT molecular complexity index is 552. The molecule has 0 aliphatic carbocycles. The molecule has 1 aliphatic rings. The molecule has 2 aromatic rings. The lowest BCUT2D eigenvalue weighted by molar-refractivity contribution is 0.376. The van der Waals surface area contributed by atoms with E-state index in [4.69, 9.17) is 4.52 Å². The van der Waals surface area contributed by atoms with Crippen molar-refractivity contribution in [1.29, 1.82) is 0 Å². The molecule has 1 aliphatic heterocycles. The molecule has 0 amide bonds. The minimum absolute atomic E-state index is 0.697. The van der Waals surface area contributed by atoms with E-state index in [9.17, 15) is 0 Å². The SMILES string of the molecule is CCc1nc(CN2CCNCc3ccccc32)no1. The molecule has 0 fully saturated rings. The molecule has 100 valence electrons. The molecule has 1 N–H and O–H groups in total. The van der Waals surface area contributed by atoms with E-state index in [1.807, 2.05) is 6.92 Å². The number of para-hydroxylation sites is 1. The molecule has 5 nitrogen and oxygen atoms in total. The van der Waals surface area contributed by atoms with Gasteiger partial charge in [0.05, 0.1) is 6.54 Å². The van der Waals surface area contributed by atoms with Crippen LogP contribution in [-0.2, 0) is 19.5 Å². The number of anilines is 1. The summed E-state index contributed by atoms with van der Waals surface area (Å²) in [5.41, 5.74) is 2.58. The van der Waals surface area contributed by atoms with Crippen LogP contribution in [0.3, 0.4) is 0 Å². The van der Waals surface area contributed by atoms with Gasteiger partial charge in [-0.3, -0.25) is 0 Å². The molecule has 1 aromatic carbocycles. The maximum absolute atomic E-state index is 5.17. The second kappa shape index (κ2) is 5.40. The minimum atomic E-state index is 0.697. The zero-order chi connectivity index (χ0) is 13.1. The summed E-state index contributed by atoms with van der Waals surface area (Å²) in [6.07, 6.45) is 0.783. The largest absolute Gasteiger partial charge is 0.362 e. The van der Waals surface area contributed by atoms with E-state index in [1.54, 1.807) is 0 Å². The highest BCUT2D eigenvalue weighted by Crippen LogP contribution is 2.23. The van der Waals surface area contributed by atoms with Crippen molar-refractivity contribution in [2.75, 3.05) is 18.0 Å². The predicted octanol–water partition coefficient (Wildman–Crippen LogP) is 1.74. The van der Waals surface area contributed by atoms with E-state index in [0.29, 0.717) is 12.4 Å². The van der Waals surface area contributed by atoms with Crippen LogP contribution in [0.15, 0.2) is 28.8 Å². The molecule has 3 rings (SSSR count). The number of nitrogens with zero attached hydrogens (tertiary/aromatic N) is 3. The van der Waals surface area contributed by atoms with Gasteiger partial charge in [-0.05, 0) is 11.6 Å². The maximum Gasteiger partial charge on any atom is 0.226 e. The summed E-state index contributed by atoms with van der Waals surface area (Å²) in [7, 11) is 0. The first-order valence-electron chi connectivity index (χ1n) is 6.72. The van der Waals surface area contributed by atoms with Gasteiger partial charge in [0.2, 0.25) is 5.89 Å². The fraction of sp³-hybridized carbons (Fsp3) is 0.429. The van der Waals surface area contributed by atoms with Gasteiger partial charge in [-0.2, -0.15) is 4.98 Å². The number of benzene rings is 1. The topological polar surface area (TPSA) is 54.2 Å². The monoisotopic (exact) mass is 258 g/mol. The molecule has 0 radical (unpaired) electrons. The number of hydrogen-bond acceptors (Lipinski definition) is 5. The second-order valence-electron chi connectivity index (χ2n) is 4.68. The van der Waals surface area contributed by atoms with E-state index in [0.717, 1.165) is 31.9 Å². The van der Waals surface area contributed by atoms with E-state index in [1.165, 1.54) is 11.3 Å². The van der Waals surface area contributed by atoms with Crippen molar-refractivity contribution in [1.82, 2.24) is 15.5 Å². The number of rotatable bonds is 3. The van der Waals surface area contributed by atoms with E-state index in [-0.39, 0.29) is 0 Å². The van der Waals surface area contributed by atoms with Crippen molar-refractivity contribution in [3.8, 4) is 0 Å². The first-order valence-corrected chi connectivity index (χ1v) is 6.72. The highest BCUT2D eigenvalue weighted by Gasteiger charge is 2.16. The van der Waals surface area contributed by atoms with Crippen LogP contribution < -0.4 is 10.2 Å². The fourth-order valence-electron chi connectivity index (χ4n) is 2.36. The summed E-state index contributed by atoms with van der Waals surface area (Å²) in [5, 5.41) is 7.47. The Labute approximate surface area is 112 Å². The first-order chi connectivity index (χ1) is 9.36. The average Bonchev–Trinajstić information content (AvgIpc) is 2.80. The molecular weight excluding hydrogens is 240 g/mol. The zero-order valence-electron chi connectivity index (χ0n) is 11.1. The molecule has 1 aromatic heterocycles. The van der Waals surface area contributed by atoms with Crippen molar-refractivity contribution in [2.45, 2.75) is 26.4 Å². The molecule has 0 atom stereocenters. The predicted molar refractivity (Wildman–Crippen MR) is 72.9 cm³/mol. The van der Waals surface area contributed by atoms with Gasteiger partial charge in [0.1, 0.15) is 0 Å². The summed E-state index contributed by atoms with van der Waals surface area (Å²) in [5.74, 6) is 1.46. The Morgan fingerprint density at radius 3 is 3.11 bits per heavy atom. The Hall–Kier alpha value is -1.88. The minimum Gasteiger partial charge on any atom is -0.362 e. The molecule has 0 bridgehead atoms. The molecule has 0 saturated carbocycles. The van der Waals surface area contributed by atoms with Crippen LogP contribution in [0.25, 0.3) is 0 Å². The standard InChI is InChI=1S/C14H18N4O/c1-2-14-16-13(17-19-14)10-18-8-7-15-9-11-5-3-4-6-12(11)18/h3-6,15H,2,7-10H2,1H3. The summed E-state index contributed by atoms with van der Waals surface area (Å²) in [6.45, 7) is 5.55. The quantitative estimate of drug-likeness (QED) is 0.909. The fourth-order valence-corrected chi connectivity index (χ4v) is 2.36. The highest BCUT2D eigenvalue weighted by molar-refractivity contribution is 5.54. The first kappa shape index (κ1) is 12.2. The Morgan fingerprint density at radius 2 is 2.26 bits per heavy atom. The molecule has 0 saturated heterocycles. The van der Waals surface area contributed by atoms with Crippen LogP contribution in [0.1, 0.15) is 24.2 Å². The van der Waals surface area contributed by atoms with Crippen LogP contribution >= 0.6 is 0 Å². The van der Waals surface area contributed by atoms with E-state index >= 15 is 0 Å². The van der Waals surface area contributed by atoms with Gasteiger partial charge in [-0.15, -0.1) is 0 Å². The van der Waals surface area contributed by atoms with Crippen LogP contribution in [-0.4, -0.2) is 23.2 Å². The van der Waals surface area contributed by atoms with E-state index < -0.39 is 0 Å². The molecular formula is C14H18N4O. The molecule has 0 unspecified atom stereocenters. The normalized spacial score (nSPS) is 15.1. The number of hydrogen-bond donors (Lipinski definition) is 1. The lowest BCUT2D eigenvalue weighted by atomic mass is 10.1. The van der Waals surface area contributed by atoms with Gasteiger partial charge in [0.15, 0.2) is 5.82 Å². The van der Waals surface area contributed by atoms with Crippen LogP contribution in [0.2, 0.25) is 0 Å². The average molecular weight is 258 g/mol. The lowest BCUT2D eigenvalue weighted by Gasteiger charge is -2.22. The second-order valence-corrected chi connectivity index (χ2v) is 4.68. The zero-order valence-corrected chi connectivity index (χ0v) is 11.1. The van der Waals surface area contributed by atoms with Gasteiger partial charge in [-0.25, -0.2) is 0 Å². The van der Waals surface area contributed by atoms with Crippen LogP contribution in [0, 0.1) is 0 Å². The number of aromatic nitrogens is 2. The lowest BCUT2D eigenvalue weighted by Crippen LogP contribution is -2.28. The smallest absolute Gasteiger partial charge is 0.226 e. The van der Waals surface area contributed by atoms with Crippen LogP contribution in [0.4, 0.5) is 5.69 Å². The van der Waals surface area contributed by atoms with Crippen LogP contribution in [0.5, 0.6) is 0 Å². The maximum atomic E-state index is 5.17. The third kappa shape index (κ3) is 2.61. The Kier molecular flexibility index (Phi) is 3.46. The van der Waals surface area contributed by atoms with Gasteiger partial charge in [-0.1, -0.05) is 30.3 Å². The molecule has 19 heavy (non-hydrogen) atoms. The van der Waals surface area contributed by atoms with Gasteiger partial charge < -0.3 is 14.7 Å². The summed E-state index contributed by atoms with van der Waals surface area (Å²) >= 11 is 0. The summed E-state index contributed by atoms with van der Waals surface area (Å²) in [4.78, 5) is 6.69. The number of nitrogens with one attached hydrogen (secondary N) is 1. The number of aryl methyl sites for hydroxylation is 1. The van der Waals surface area contributed by atoms with Crippen molar-refractivity contribution in [3.05, 3.63) is 41.5 Å². The Morgan fingerprint density at radius 1 is 1.37 bits per heavy atom. The van der Waals surface area contributed by atoms with Crippen molar-refractivity contribution in [3.63, 3.8) is 0 Å². The summed E-state index contributed by atoms with van der Waals surface area (Å²) < 4.78 is 5.17. The third-order valence-corrected chi connectivity index (χ3v) is 3.35. The van der Waals surface area contributed by atoms with Gasteiger partial charge >= 0.3 is 0 Å². The molecule has 5 heteroatoms. The third-order valence-electron chi connectivity index (χ3n) is 3.35. The number of fused-ring (bicyclic) bond motifs is 1. The van der Waals surface area contributed by atoms with Crippen molar-refractivity contribution >= 4 is 5.69 Å². The van der Waals surface area contributed by atoms with Crippen molar-refractivity contribution in [2.24, 2.45) is 0 Å². The van der Waals surface area contributed by atoms with Gasteiger partial charge in [0.25, 0.3) is 0 Å². The Balaban J connectivity index is 1.83.